The Morgan fingerprint density at radius 2 is 0.740 bits per heavy atom. The van der Waals surface area contributed by atoms with Crippen LogP contribution in [0, 0.1) is 22.2 Å². The first kappa shape index (κ1) is 67.0. The second-order valence-electron chi connectivity index (χ2n) is 23.4. The summed E-state index contributed by atoms with van der Waals surface area (Å²) in [4.78, 5) is 43.3. The zero-order valence-corrected chi connectivity index (χ0v) is 51.8. The van der Waals surface area contributed by atoms with Crippen LogP contribution < -0.4 is 0 Å². The maximum Gasteiger partial charge on any atom is 0.305 e. The van der Waals surface area contributed by atoms with Crippen LogP contribution in [0.3, 0.4) is 0 Å². The van der Waals surface area contributed by atoms with Crippen LogP contribution >= 0.6 is 47.0 Å². The Bertz CT molecular complexity index is 1370. The minimum Gasteiger partial charge on any atom is -0.465 e. The van der Waals surface area contributed by atoms with Crippen LogP contribution in [0.15, 0.2) is 0 Å². The lowest BCUT2D eigenvalue weighted by molar-refractivity contribution is -0.163. The van der Waals surface area contributed by atoms with E-state index in [1.807, 2.05) is 0 Å². The van der Waals surface area contributed by atoms with Crippen LogP contribution in [0.2, 0.25) is 0 Å². The summed E-state index contributed by atoms with van der Waals surface area (Å²) in [6.07, 6.45) is 42.3. The van der Waals surface area contributed by atoms with Gasteiger partial charge in [0.2, 0.25) is 0 Å². The van der Waals surface area contributed by atoms with Crippen molar-refractivity contribution < 1.29 is 28.6 Å². The molecule has 0 aromatic heterocycles. The second kappa shape index (κ2) is 41.8. The van der Waals surface area contributed by atoms with Gasteiger partial charge in [-0.2, -0.15) is 0 Å². The van der Waals surface area contributed by atoms with Crippen molar-refractivity contribution in [2.45, 2.75) is 288 Å². The highest BCUT2D eigenvalue weighted by Gasteiger charge is 2.60. The third kappa shape index (κ3) is 30.1. The molecule has 4 bridgehead atoms. The Morgan fingerprint density at radius 3 is 1.10 bits per heavy atom. The second-order valence-corrected chi connectivity index (χ2v) is 29.3. The molecule has 4 fully saturated rings. The maximum atomic E-state index is 13.9. The van der Waals surface area contributed by atoms with E-state index in [1.54, 1.807) is 0 Å². The first-order valence-corrected chi connectivity index (χ1v) is 35.4. The summed E-state index contributed by atoms with van der Waals surface area (Å²) in [7, 11) is 0. The van der Waals surface area contributed by atoms with Gasteiger partial charge in [-0.3, -0.25) is 14.4 Å². The number of carbonyl (C=O) groups excluding carboxylic acids is 3. The lowest BCUT2D eigenvalue weighted by atomic mass is 9.51. The van der Waals surface area contributed by atoms with Gasteiger partial charge in [-0.25, -0.2) is 0 Å². The number of unbranched alkanes of at least 4 members (excludes halogenated alkanes) is 20. The molecular weight excluding hydrogens is 983 g/mol. The molecule has 0 aliphatic heterocycles. The van der Waals surface area contributed by atoms with Crippen LogP contribution in [0.1, 0.15) is 279 Å². The van der Waals surface area contributed by atoms with Crippen LogP contribution in [0.25, 0.3) is 0 Å². The summed E-state index contributed by atoms with van der Waals surface area (Å²) < 4.78 is 20.0. The van der Waals surface area contributed by atoms with Gasteiger partial charge in [0.25, 0.3) is 0 Å². The molecular formula is C62H115NO6S4. The number of ether oxygens (including phenoxy) is 3. The number of thioether (sulfide) groups is 4. The molecule has 0 amide bonds. The molecule has 4 saturated carbocycles. The van der Waals surface area contributed by atoms with E-state index in [-0.39, 0.29) is 34.2 Å². The summed E-state index contributed by atoms with van der Waals surface area (Å²) in [5, 5.41) is 0. The van der Waals surface area contributed by atoms with Crippen LogP contribution in [0.5, 0.6) is 0 Å². The van der Waals surface area contributed by atoms with Gasteiger partial charge in [0.1, 0.15) is 0 Å². The molecule has 4 rings (SSSR count). The summed E-state index contributed by atoms with van der Waals surface area (Å²) in [5.41, 5.74) is -0.467. The molecule has 0 spiro atoms. The Balaban J connectivity index is 1.66. The van der Waals surface area contributed by atoms with Crippen LogP contribution in [0.4, 0.5) is 0 Å². The molecule has 0 saturated heterocycles. The van der Waals surface area contributed by atoms with Crippen molar-refractivity contribution in [3.05, 3.63) is 0 Å². The standard InChI is InChI=1S/C62H115NO6S4/c1-7-13-17-21-25-29-42-70-58(71-43-30-26-22-18-14-8-2)37-35-56(65)68-52-61-40-39-60(51-67-55(64)34-33-41-63(11-5)12-6)46-54(47-61)48-62(49-60,50-61)53-69-57(66)36-38-59(72-44-31-27-23-19-15-9-3)73-45-32-28-24-20-16-10-4/h54,58-59H,7-53H2,1-6H3. The lowest BCUT2D eigenvalue weighted by Gasteiger charge is -2.54. The predicted octanol–water partition coefficient (Wildman–Crippen LogP) is 18.7. The summed E-state index contributed by atoms with van der Waals surface area (Å²) >= 11 is 8.31. The number of hydrogen-bond acceptors (Lipinski definition) is 11. The molecule has 11 heteroatoms. The van der Waals surface area contributed by atoms with Gasteiger partial charge in [-0.05, 0) is 138 Å². The summed E-state index contributed by atoms with van der Waals surface area (Å²) in [6, 6.07) is 0. The molecule has 7 nitrogen and oxygen atoms in total. The average molecular weight is 1100 g/mol. The molecule has 4 unspecified atom stereocenters. The monoisotopic (exact) mass is 1100 g/mol. The molecule has 4 aliphatic rings. The summed E-state index contributed by atoms with van der Waals surface area (Å²) in [6.45, 7) is 17.7. The molecule has 0 N–H and O–H groups in total. The molecule has 428 valence electrons. The Hall–Kier alpha value is -0.230. The van der Waals surface area contributed by atoms with E-state index in [0.29, 0.717) is 54.2 Å². The van der Waals surface area contributed by atoms with Crippen molar-refractivity contribution in [3.63, 3.8) is 0 Å². The quantitative estimate of drug-likeness (QED) is 0.0253. The van der Waals surface area contributed by atoms with Crippen molar-refractivity contribution >= 4 is 65.0 Å². The molecule has 0 heterocycles. The van der Waals surface area contributed by atoms with Gasteiger partial charge in [-0.1, -0.05) is 170 Å². The zero-order chi connectivity index (χ0) is 52.7. The van der Waals surface area contributed by atoms with Crippen molar-refractivity contribution in [1.82, 2.24) is 4.90 Å². The number of fused-ring (bicyclic) bond motifs is 1. The highest BCUT2D eigenvalue weighted by Crippen LogP contribution is 2.66. The van der Waals surface area contributed by atoms with Gasteiger partial charge < -0.3 is 19.1 Å². The van der Waals surface area contributed by atoms with Gasteiger partial charge in [-0.15, -0.1) is 47.0 Å². The molecule has 0 aromatic rings. The number of carbonyl (C=O) groups is 3. The average Bonchev–Trinajstić information content (AvgIpc) is 3.56. The fourth-order valence-electron chi connectivity index (χ4n) is 12.6. The van der Waals surface area contributed by atoms with Crippen LogP contribution in [-0.4, -0.2) is 94.4 Å². The van der Waals surface area contributed by atoms with Gasteiger partial charge in [0.15, 0.2) is 0 Å². The smallest absolute Gasteiger partial charge is 0.305 e. The molecule has 73 heavy (non-hydrogen) atoms. The van der Waals surface area contributed by atoms with Crippen molar-refractivity contribution in [1.29, 1.82) is 0 Å². The molecule has 0 aromatic carbocycles. The van der Waals surface area contributed by atoms with E-state index in [9.17, 15) is 14.4 Å². The van der Waals surface area contributed by atoms with Crippen LogP contribution in [-0.2, 0) is 28.6 Å². The highest BCUT2D eigenvalue weighted by molar-refractivity contribution is 8.17. The topological polar surface area (TPSA) is 82.1 Å². The number of hydrogen-bond donors (Lipinski definition) is 0. The predicted molar refractivity (Wildman–Crippen MR) is 322 cm³/mol. The number of nitrogens with zero attached hydrogens (tertiary/aromatic N) is 1. The Morgan fingerprint density at radius 1 is 0.425 bits per heavy atom. The summed E-state index contributed by atoms with van der Waals surface area (Å²) in [5.74, 6) is 4.94. The fraction of sp³-hybridized carbons (Fsp3) is 0.952. The normalized spacial score (nSPS) is 21.4. The Kier molecular flexibility index (Phi) is 38.4. The molecule has 0 radical (unpaired) electrons. The number of esters is 3. The van der Waals surface area contributed by atoms with E-state index in [1.165, 1.54) is 177 Å². The number of rotatable bonds is 50. The van der Waals surface area contributed by atoms with Crippen molar-refractivity contribution in [3.8, 4) is 0 Å². The minimum atomic E-state index is -0.196. The first-order valence-electron chi connectivity index (χ1n) is 31.2. The molecule has 4 aliphatic carbocycles. The van der Waals surface area contributed by atoms with Crippen molar-refractivity contribution in [2.75, 3.05) is 62.5 Å². The SMILES string of the molecule is CCCCCCCCSC(CCC(=O)OCC12CCC3(COC(=O)CCCN(CC)CC)CC(C1)CC(COC(=O)CCC(SCCCCCCCC)SCCCCCCCC)(C3)C2)SCCCCCCCC. The molecule has 4 atom stereocenters. The minimum absolute atomic E-state index is 0.0504. The van der Waals surface area contributed by atoms with E-state index in [2.05, 4.69) is 93.5 Å². The Labute approximate surface area is 468 Å². The van der Waals surface area contributed by atoms with E-state index < -0.39 is 0 Å². The van der Waals surface area contributed by atoms with Gasteiger partial charge in [0.05, 0.1) is 29.0 Å². The fourth-order valence-corrected chi connectivity index (χ4v) is 18.2. The lowest BCUT2D eigenvalue weighted by Crippen LogP contribution is -2.50. The van der Waals surface area contributed by atoms with E-state index >= 15 is 0 Å². The third-order valence-electron chi connectivity index (χ3n) is 16.6. The maximum absolute atomic E-state index is 13.9. The largest absolute Gasteiger partial charge is 0.465 e. The van der Waals surface area contributed by atoms with E-state index in [4.69, 9.17) is 14.2 Å². The zero-order valence-electron chi connectivity index (χ0n) is 48.5. The van der Waals surface area contributed by atoms with Gasteiger partial charge >= 0.3 is 17.9 Å². The third-order valence-corrected chi connectivity index (χ3v) is 22.8. The van der Waals surface area contributed by atoms with Crippen molar-refractivity contribution in [2.24, 2.45) is 22.2 Å². The van der Waals surface area contributed by atoms with E-state index in [0.717, 1.165) is 83.8 Å². The highest BCUT2D eigenvalue weighted by atomic mass is 32.2. The first-order chi connectivity index (χ1) is 35.6. The van der Waals surface area contributed by atoms with Gasteiger partial charge in [0, 0.05) is 35.5 Å².